The molecule has 2 aromatic rings. The standard InChI is InChI=1S/C12H15N5O2/c13-9-7-10(12(18)19)11(15-8-9)14-3-1-5-17-6-2-4-16-17/h2,4,6-8H,1,3,5,13H2,(H,14,15)(H,18,19). The molecule has 4 N–H and O–H groups in total. The number of carbonyl (C=O) groups is 1. The van der Waals surface area contributed by atoms with Crippen LogP contribution in [0.2, 0.25) is 0 Å². The number of nitrogens with zero attached hydrogens (tertiary/aromatic N) is 3. The molecule has 0 atom stereocenters. The van der Waals surface area contributed by atoms with Crippen molar-refractivity contribution in [2.75, 3.05) is 17.6 Å². The van der Waals surface area contributed by atoms with Crippen LogP contribution in [0.1, 0.15) is 16.8 Å². The number of aromatic carboxylic acids is 1. The summed E-state index contributed by atoms with van der Waals surface area (Å²) >= 11 is 0. The fourth-order valence-electron chi connectivity index (χ4n) is 1.67. The van der Waals surface area contributed by atoms with Crippen LogP contribution in [0.15, 0.2) is 30.7 Å². The summed E-state index contributed by atoms with van der Waals surface area (Å²) in [5.74, 6) is -0.712. The number of nitrogen functional groups attached to an aromatic ring is 1. The summed E-state index contributed by atoms with van der Waals surface area (Å²) in [5.41, 5.74) is 5.93. The van der Waals surface area contributed by atoms with Crippen molar-refractivity contribution >= 4 is 17.5 Å². The number of carboxylic acids is 1. The highest BCUT2D eigenvalue weighted by Gasteiger charge is 2.11. The SMILES string of the molecule is Nc1cnc(NCCCn2cccn2)c(C(=O)O)c1. The zero-order chi connectivity index (χ0) is 13.7. The molecule has 19 heavy (non-hydrogen) atoms. The van der Waals surface area contributed by atoms with Crippen molar-refractivity contribution in [2.45, 2.75) is 13.0 Å². The van der Waals surface area contributed by atoms with E-state index < -0.39 is 5.97 Å². The van der Waals surface area contributed by atoms with Crippen molar-refractivity contribution in [3.8, 4) is 0 Å². The van der Waals surface area contributed by atoms with Crippen LogP contribution in [-0.2, 0) is 6.54 Å². The Morgan fingerprint density at radius 1 is 1.53 bits per heavy atom. The monoisotopic (exact) mass is 261 g/mol. The fraction of sp³-hybridized carbons (Fsp3) is 0.250. The van der Waals surface area contributed by atoms with E-state index in [1.54, 1.807) is 6.20 Å². The Labute approximate surface area is 110 Å². The summed E-state index contributed by atoms with van der Waals surface area (Å²) in [7, 11) is 0. The predicted octanol–water partition coefficient (Wildman–Crippen LogP) is 1.06. The largest absolute Gasteiger partial charge is 0.478 e. The van der Waals surface area contributed by atoms with Gasteiger partial charge in [-0.05, 0) is 18.6 Å². The number of aromatic nitrogens is 3. The maximum atomic E-state index is 11.0. The van der Waals surface area contributed by atoms with Crippen LogP contribution in [0.4, 0.5) is 11.5 Å². The lowest BCUT2D eigenvalue weighted by atomic mass is 10.2. The predicted molar refractivity (Wildman–Crippen MR) is 70.9 cm³/mol. The van der Waals surface area contributed by atoms with E-state index in [1.165, 1.54) is 12.3 Å². The zero-order valence-corrected chi connectivity index (χ0v) is 10.3. The number of anilines is 2. The molecular weight excluding hydrogens is 246 g/mol. The van der Waals surface area contributed by atoms with Gasteiger partial charge in [0.05, 0.1) is 11.9 Å². The van der Waals surface area contributed by atoms with Gasteiger partial charge < -0.3 is 16.2 Å². The maximum absolute atomic E-state index is 11.0. The van der Waals surface area contributed by atoms with Crippen molar-refractivity contribution in [1.82, 2.24) is 14.8 Å². The number of rotatable bonds is 6. The number of nitrogens with two attached hydrogens (primary N) is 1. The van der Waals surface area contributed by atoms with Gasteiger partial charge in [-0.2, -0.15) is 5.10 Å². The lowest BCUT2D eigenvalue weighted by molar-refractivity contribution is 0.0697. The Morgan fingerprint density at radius 2 is 2.37 bits per heavy atom. The van der Waals surface area contributed by atoms with Gasteiger partial charge in [0.1, 0.15) is 11.4 Å². The van der Waals surface area contributed by atoms with Gasteiger partial charge in [0.2, 0.25) is 0 Å². The third-order valence-electron chi connectivity index (χ3n) is 2.55. The second kappa shape index (κ2) is 5.85. The minimum Gasteiger partial charge on any atom is -0.478 e. The van der Waals surface area contributed by atoms with E-state index in [1.807, 2.05) is 16.9 Å². The Morgan fingerprint density at radius 3 is 3.05 bits per heavy atom. The molecule has 0 aliphatic rings. The highest BCUT2D eigenvalue weighted by molar-refractivity contribution is 5.94. The van der Waals surface area contributed by atoms with Crippen LogP contribution in [0.3, 0.4) is 0 Å². The van der Waals surface area contributed by atoms with E-state index >= 15 is 0 Å². The minimum atomic E-state index is -1.05. The van der Waals surface area contributed by atoms with E-state index in [9.17, 15) is 4.79 Å². The lowest BCUT2D eigenvalue weighted by Gasteiger charge is -2.09. The first kappa shape index (κ1) is 12.9. The molecule has 2 heterocycles. The quantitative estimate of drug-likeness (QED) is 0.671. The summed E-state index contributed by atoms with van der Waals surface area (Å²) in [6.07, 6.45) is 5.84. The minimum absolute atomic E-state index is 0.0825. The zero-order valence-electron chi connectivity index (χ0n) is 10.3. The third kappa shape index (κ3) is 3.44. The first-order valence-corrected chi connectivity index (χ1v) is 5.87. The van der Waals surface area contributed by atoms with Crippen LogP contribution in [0, 0.1) is 0 Å². The maximum Gasteiger partial charge on any atom is 0.339 e. The van der Waals surface area contributed by atoms with Gasteiger partial charge in [0.15, 0.2) is 0 Å². The van der Waals surface area contributed by atoms with Gasteiger partial charge in [-0.25, -0.2) is 9.78 Å². The molecule has 0 unspecified atom stereocenters. The summed E-state index contributed by atoms with van der Waals surface area (Å²) in [4.78, 5) is 15.0. The lowest BCUT2D eigenvalue weighted by Crippen LogP contribution is -2.12. The Bertz CT molecular complexity index is 553. The van der Waals surface area contributed by atoms with Gasteiger partial charge >= 0.3 is 5.97 Å². The number of pyridine rings is 1. The molecule has 2 rings (SSSR count). The van der Waals surface area contributed by atoms with E-state index in [4.69, 9.17) is 10.8 Å². The average Bonchev–Trinajstić information content (AvgIpc) is 2.89. The van der Waals surface area contributed by atoms with Crippen LogP contribution in [0.25, 0.3) is 0 Å². The molecule has 0 spiro atoms. The summed E-state index contributed by atoms with van der Waals surface area (Å²) in [6.45, 7) is 1.37. The number of hydrogen-bond acceptors (Lipinski definition) is 5. The molecule has 7 nitrogen and oxygen atoms in total. The van der Waals surface area contributed by atoms with Crippen LogP contribution in [-0.4, -0.2) is 32.4 Å². The van der Waals surface area contributed by atoms with Crippen molar-refractivity contribution < 1.29 is 9.90 Å². The molecule has 0 aromatic carbocycles. The molecule has 0 aliphatic heterocycles. The van der Waals surface area contributed by atoms with Crippen LogP contribution >= 0.6 is 0 Å². The van der Waals surface area contributed by atoms with E-state index in [0.717, 1.165) is 13.0 Å². The first-order chi connectivity index (χ1) is 9.16. The molecule has 0 aliphatic carbocycles. The summed E-state index contributed by atoms with van der Waals surface area (Å²) in [6, 6.07) is 3.25. The second-order valence-corrected chi connectivity index (χ2v) is 4.02. The summed E-state index contributed by atoms with van der Waals surface area (Å²) in [5, 5.41) is 16.1. The van der Waals surface area contributed by atoms with Crippen LogP contribution < -0.4 is 11.1 Å². The van der Waals surface area contributed by atoms with Gasteiger partial charge in [0, 0.05) is 25.5 Å². The van der Waals surface area contributed by atoms with Gasteiger partial charge in [0.25, 0.3) is 0 Å². The Hall–Kier alpha value is -2.57. The number of aryl methyl sites for hydroxylation is 1. The topological polar surface area (TPSA) is 106 Å². The fourth-order valence-corrected chi connectivity index (χ4v) is 1.67. The molecule has 2 aromatic heterocycles. The molecule has 0 amide bonds. The molecule has 0 saturated heterocycles. The van der Waals surface area contributed by atoms with Crippen molar-refractivity contribution in [2.24, 2.45) is 0 Å². The summed E-state index contributed by atoms with van der Waals surface area (Å²) < 4.78 is 1.82. The molecule has 0 bridgehead atoms. The highest BCUT2D eigenvalue weighted by Crippen LogP contribution is 2.15. The number of nitrogens with one attached hydrogen (secondary N) is 1. The average molecular weight is 261 g/mol. The number of carboxylic acid groups (broad SMARTS) is 1. The van der Waals surface area contributed by atoms with Gasteiger partial charge in [-0.15, -0.1) is 0 Å². The molecule has 0 fully saturated rings. The van der Waals surface area contributed by atoms with E-state index in [0.29, 0.717) is 18.1 Å². The van der Waals surface area contributed by atoms with Crippen LogP contribution in [0.5, 0.6) is 0 Å². The Kier molecular flexibility index (Phi) is 3.97. The molecule has 100 valence electrons. The Balaban J connectivity index is 1.90. The van der Waals surface area contributed by atoms with E-state index in [-0.39, 0.29) is 5.56 Å². The van der Waals surface area contributed by atoms with Gasteiger partial charge in [-0.1, -0.05) is 0 Å². The van der Waals surface area contributed by atoms with Gasteiger partial charge in [-0.3, -0.25) is 4.68 Å². The van der Waals surface area contributed by atoms with Crippen molar-refractivity contribution in [3.63, 3.8) is 0 Å². The highest BCUT2D eigenvalue weighted by atomic mass is 16.4. The molecule has 0 radical (unpaired) electrons. The number of hydrogen-bond donors (Lipinski definition) is 3. The third-order valence-corrected chi connectivity index (χ3v) is 2.55. The second-order valence-electron chi connectivity index (χ2n) is 4.02. The van der Waals surface area contributed by atoms with E-state index in [2.05, 4.69) is 15.4 Å². The molecule has 7 heteroatoms. The van der Waals surface area contributed by atoms with Crippen molar-refractivity contribution in [3.05, 3.63) is 36.3 Å². The van der Waals surface area contributed by atoms with Crippen molar-refractivity contribution in [1.29, 1.82) is 0 Å². The smallest absolute Gasteiger partial charge is 0.339 e. The normalized spacial score (nSPS) is 10.3. The molecular formula is C12H15N5O2. The first-order valence-electron chi connectivity index (χ1n) is 5.87. The molecule has 0 saturated carbocycles.